The summed E-state index contributed by atoms with van der Waals surface area (Å²) in [6, 6.07) is 15.7. The number of hydrogen-bond donors (Lipinski definition) is 2. The highest BCUT2D eigenvalue weighted by molar-refractivity contribution is 7.89. The van der Waals surface area contributed by atoms with Crippen molar-refractivity contribution in [2.24, 2.45) is 0 Å². The molecule has 0 saturated heterocycles. The van der Waals surface area contributed by atoms with Crippen molar-refractivity contribution in [3.63, 3.8) is 0 Å². The third-order valence-corrected chi connectivity index (χ3v) is 4.89. The Hall–Kier alpha value is -2.64. The highest BCUT2D eigenvalue weighted by atomic mass is 32.2. The Morgan fingerprint density at radius 2 is 1.79 bits per heavy atom. The monoisotopic (exact) mass is 344 g/mol. The lowest BCUT2D eigenvalue weighted by atomic mass is 10.1. The van der Waals surface area contributed by atoms with E-state index in [1.54, 1.807) is 24.3 Å². The Bertz CT molecular complexity index is 950. The molecule has 3 aromatic rings. The van der Waals surface area contributed by atoms with Crippen molar-refractivity contribution in [3.05, 3.63) is 66.6 Å². The fourth-order valence-corrected chi connectivity index (χ4v) is 3.26. The summed E-state index contributed by atoms with van der Waals surface area (Å²) in [6.45, 7) is -0.126. The highest BCUT2D eigenvalue weighted by Crippen LogP contribution is 2.18. The standard InChI is InChI=1S/C17H16N2O4S/c20-17(18-11-15-6-3-9-23-15)12-19-24(21,22)16-8-7-13-4-1-2-5-14(13)10-16/h1-10,19H,11-12H2,(H,18,20). The van der Waals surface area contributed by atoms with Gasteiger partial charge in [-0.1, -0.05) is 30.3 Å². The molecule has 1 amide bonds. The van der Waals surface area contributed by atoms with Gasteiger partial charge in [0.05, 0.1) is 24.2 Å². The van der Waals surface area contributed by atoms with Gasteiger partial charge in [-0.15, -0.1) is 0 Å². The number of carbonyl (C=O) groups excluding carboxylic acids is 1. The third kappa shape index (κ3) is 3.81. The molecular formula is C17H16N2O4S. The summed E-state index contributed by atoms with van der Waals surface area (Å²) >= 11 is 0. The first kappa shape index (κ1) is 16.2. The first-order chi connectivity index (χ1) is 11.5. The van der Waals surface area contributed by atoms with E-state index < -0.39 is 15.9 Å². The van der Waals surface area contributed by atoms with Gasteiger partial charge in [-0.3, -0.25) is 4.79 Å². The van der Waals surface area contributed by atoms with Crippen LogP contribution in [0.15, 0.2) is 70.2 Å². The molecular weight excluding hydrogens is 328 g/mol. The van der Waals surface area contributed by atoms with Crippen molar-refractivity contribution >= 4 is 26.7 Å². The average Bonchev–Trinajstić information content (AvgIpc) is 3.11. The molecule has 0 unspecified atom stereocenters. The number of benzene rings is 2. The van der Waals surface area contributed by atoms with E-state index in [1.165, 1.54) is 12.3 Å². The second-order valence-electron chi connectivity index (χ2n) is 5.19. The Balaban J connectivity index is 1.63. The molecule has 1 aromatic heterocycles. The summed E-state index contributed by atoms with van der Waals surface area (Å²) in [5.41, 5.74) is 0. The normalized spacial score (nSPS) is 11.5. The lowest BCUT2D eigenvalue weighted by molar-refractivity contribution is -0.120. The van der Waals surface area contributed by atoms with Gasteiger partial charge < -0.3 is 9.73 Å². The SMILES string of the molecule is O=C(CNS(=O)(=O)c1ccc2ccccc2c1)NCc1ccco1. The molecule has 0 aliphatic heterocycles. The third-order valence-electron chi connectivity index (χ3n) is 3.49. The maximum absolute atomic E-state index is 12.3. The molecule has 0 aliphatic rings. The molecule has 124 valence electrons. The number of rotatable bonds is 6. The quantitative estimate of drug-likeness (QED) is 0.716. The summed E-state index contributed by atoms with van der Waals surface area (Å²) in [4.78, 5) is 11.9. The van der Waals surface area contributed by atoms with E-state index >= 15 is 0 Å². The number of carbonyl (C=O) groups is 1. The first-order valence-corrected chi connectivity index (χ1v) is 8.80. The van der Waals surface area contributed by atoms with Crippen LogP contribution in [-0.2, 0) is 21.4 Å². The molecule has 24 heavy (non-hydrogen) atoms. The van der Waals surface area contributed by atoms with Gasteiger partial charge in [0.2, 0.25) is 15.9 Å². The molecule has 6 nitrogen and oxygen atoms in total. The van der Waals surface area contributed by atoms with Crippen molar-refractivity contribution in [1.29, 1.82) is 0 Å². The van der Waals surface area contributed by atoms with Crippen LogP contribution in [0.5, 0.6) is 0 Å². The number of amides is 1. The van der Waals surface area contributed by atoms with Crippen molar-refractivity contribution in [1.82, 2.24) is 10.0 Å². The molecule has 0 aliphatic carbocycles. The lowest BCUT2D eigenvalue weighted by Crippen LogP contribution is -2.36. The van der Waals surface area contributed by atoms with Gasteiger partial charge in [-0.2, -0.15) is 0 Å². The van der Waals surface area contributed by atoms with Gasteiger partial charge >= 0.3 is 0 Å². The Kier molecular flexibility index (Phi) is 4.64. The van der Waals surface area contributed by atoms with Crippen molar-refractivity contribution in [2.45, 2.75) is 11.4 Å². The van der Waals surface area contributed by atoms with Gasteiger partial charge in [-0.05, 0) is 35.0 Å². The van der Waals surface area contributed by atoms with Crippen LogP contribution in [0.25, 0.3) is 10.8 Å². The zero-order chi connectivity index (χ0) is 17.0. The number of nitrogens with one attached hydrogen (secondary N) is 2. The van der Waals surface area contributed by atoms with Crippen molar-refractivity contribution in [3.8, 4) is 0 Å². The zero-order valence-electron chi connectivity index (χ0n) is 12.7. The highest BCUT2D eigenvalue weighted by Gasteiger charge is 2.16. The van der Waals surface area contributed by atoms with Crippen LogP contribution in [0.2, 0.25) is 0 Å². The maximum atomic E-state index is 12.3. The topological polar surface area (TPSA) is 88.4 Å². The zero-order valence-corrected chi connectivity index (χ0v) is 13.5. The van der Waals surface area contributed by atoms with Crippen LogP contribution in [0.1, 0.15) is 5.76 Å². The van der Waals surface area contributed by atoms with E-state index in [1.807, 2.05) is 24.3 Å². The Morgan fingerprint density at radius 3 is 2.54 bits per heavy atom. The largest absolute Gasteiger partial charge is 0.467 e. The van der Waals surface area contributed by atoms with Crippen molar-refractivity contribution < 1.29 is 17.6 Å². The minimum absolute atomic E-state index is 0.125. The maximum Gasteiger partial charge on any atom is 0.241 e. The molecule has 0 fully saturated rings. The van der Waals surface area contributed by atoms with E-state index in [-0.39, 0.29) is 18.0 Å². The molecule has 2 N–H and O–H groups in total. The van der Waals surface area contributed by atoms with Crippen LogP contribution in [0.4, 0.5) is 0 Å². The van der Waals surface area contributed by atoms with Gasteiger partial charge in [-0.25, -0.2) is 13.1 Å². The van der Waals surface area contributed by atoms with Gasteiger partial charge in [0.15, 0.2) is 0 Å². The molecule has 0 saturated carbocycles. The Labute approximate surface area is 139 Å². The predicted octanol–water partition coefficient (Wildman–Crippen LogP) is 2.03. The van der Waals surface area contributed by atoms with Crippen LogP contribution >= 0.6 is 0 Å². The predicted molar refractivity (Wildman–Crippen MR) is 89.7 cm³/mol. The minimum atomic E-state index is -3.75. The first-order valence-electron chi connectivity index (χ1n) is 7.32. The van der Waals surface area contributed by atoms with E-state index in [4.69, 9.17) is 4.42 Å². The molecule has 0 atom stereocenters. The second-order valence-corrected chi connectivity index (χ2v) is 6.96. The molecule has 0 radical (unpaired) electrons. The second kappa shape index (κ2) is 6.86. The van der Waals surface area contributed by atoms with E-state index in [0.717, 1.165) is 10.8 Å². The summed E-state index contributed by atoms with van der Waals surface area (Å²) in [5, 5.41) is 4.35. The van der Waals surface area contributed by atoms with Gasteiger partial charge in [0, 0.05) is 0 Å². The Morgan fingerprint density at radius 1 is 1.00 bits per heavy atom. The van der Waals surface area contributed by atoms with E-state index in [9.17, 15) is 13.2 Å². The number of fused-ring (bicyclic) bond motifs is 1. The molecule has 0 spiro atoms. The summed E-state index contributed by atoms with van der Waals surface area (Å²) in [6.07, 6.45) is 1.50. The molecule has 0 bridgehead atoms. The van der Waals surface area contributed by atoms with Crippen molar-refractivity contribution in [2.75, 3.05) is 6.54 Å². The van der Waals surface area contributed by atoms with Crippen LogP contribution in [0.3, 0.4) is 0 Å². The fourth-order valence-electron chi connectivity index (χ4n) is 2.24. The van der Waals surface area contributed by atoms with E-state index in [2.05, 4.69) is 10.0 Å². The molecule has 2 aromatic carbocycles. The van der Waals surface area contributed by atoms with Crippen LogP contribution in [-0.4, -0.2) is 20.9 Å². The molecule has 3 rings (SSSR count). The smallest absolute Gasteiger partial charge is 0.241 e. The number of furan rings is 1. The lowest BCUT2D eigenvalue weighted by Gasteiger charge is -2.08. The van der Waals surface area contributed by atoms with Crippen LogP contribution < -0.4 is 10.0 Å². The van der Waals surface area contributed by atoms with Gasteiger partial charge in [0.1, 0.15) is 5.76 Å². The number of hydrogen-bond acceptors (Lipinski definition) is 4. The summed E-state index contributed by atoms with van der Waals surface area (Å²) < 4.78 is 32.0. The summed E-state index contributed by atoms with van der Waals surface area (Å²) in [7, 11) is -3.75. The summed E-state index contributed by atoms with van der Waals surface area (Å²) in [5.74, 6) is 0.163. The van der Waals surface area contributed by atoms with E-state index in [0.29, 0.717) is 5.76 Å². The van der Waals surface area contributed by atoms with Gasteiger partial charge in [0.25, 0.3) is 0 Å². The minimum Gasteiger partial charge on any atom is -0.467 e. The average molecular weight is 344 g/mol. The fraction of sp³-hybridized carbons (Fsp3) is 0.118. The molecule has 1 heterocycles. The van der Waals surface area contributed by atoms with Crippen LogP contribution in [0, 0.1) is 0 Å². The number of sulfonamides is 1. The molecule has 7 heteroatoms.